The molecular formula is C20H30N4O3. The summed E-state index contributed by atoms with van der Waals surface area (Å²) in [5, 5.41) is 5.79. The lowest BCUT2D eigenvalue weighted by molar-refractivity contribution is -0.119. The first kappa shape index (κ1) is 19.6. The summed E-state index contributed by atoms with van der Waals surface area (Å²) in [6, 6.07) is 6.57. The Balaban J connectivity index is 1.50. The quantitative estimate of drug-likeness (QED) is 0.755. The second-order valence-corrected chi connectivity index (χ2v) is 7.37. The molecule has 1 unspecified atom stereocenters. The number of benzene rings is 1. The van der Waals surface area contributed by atoms with E-state index in [0.717, 1.165) is 44.5 Å². The molecule has 2 heterocycles. The Labute approximate surface area is 160 Å². The van der Waals surface area contributed by atoms with Crippen LogP contribution in [0.15, 0.2) is 24.3 Å². The second-order valence-electron chi connectivity index (χ2n) is 7.37. The standard InChI is InChI=1S/C20H30N4O3/c21-18(15-9-13-27-14-10-15)19(25)22-16-5-7-17(8-6-16)23-20(26)24-11-3-1-2-4-12-24/h5-8,15,18H,1-4,9-14,21H2,(H,22,25)(H,23,26). The average molecular weight is 374 g/mol. The number of urea groups is 1. The maximum Gasteiger partial charge on any atom is 0.321 e. The van der Waals surface area contributed by atoms with Crippen LogP contribution in [0.25, 0.3) is 0 Å². The predicted octanol–water partition coefficient (Wildman–Crippen LogP) is 2.79. The Morgan fingerprint density at radius 1 is 0.963 bits per heavy atom. The van der Waals surface area contributed by atoms with Gasteiger partial charge in [-0.25, -0.2) is 4.79 Å². The van der Waals surface area contributed by atoms with Gasteiger partial charge in [0.05, 0.1) is 6.04 Å². The monoisotopic (exact) mass is 374 g/mol. The molecule has 148 valence electrons. The van der Waals surface area contributed by atoms with Crippen molar-refractivity contribution in [3.05, 3.63) is 24.3 Å². The van der Waals surface area contributed by atoms with E-state index >= 15 is 0 Å². The first-order chi connectivity index (χ1) is 13.1. The lowest BCUT2D eigenvalue weighted by atomic mass is 9.92. The van der Waals surface area contributed by atoms with Crippen LogP contribution >= 0.6 is 0 Å². The van der Waals surface area contributed by atoms with Gasteiger partial charge in [0.25, 0.3) is 0 Å². The number of hydrogen-bond acceptors (Lipinski definition) is 4. The number of nitrogens with two attached hydrogens (primary N) is 1. The number of amides is 3. The lowest BCUT2D eigenvalue weighted by Gasteiger charge is -2.26. The molecule has 2 aliphatic rings. The fraction of sp³-hybridized carbons (Fsp3) is 0.600. The number of hydrogen-bond donors (Lipinski definition) is 3. The third kappa shape index (κ3) is 5.68. The third-order valence-electron chi connectivity index (χ3n) is 5.37. The molecule has 0 aromatic heterocycles. The minimum Gasteiger partial charge on any atom is -0.381 e. The molecule has 0 radical (unpaired) electrons. The minimum absolute atomic E-state index is 0.0600. The Morgan fingerprint density at radius 2 is 1.52 bits per heavy atom. The molecule has 1 aromatic rings. The van der Waals surface area contributed by atoms with Gasteiger partial charge in [0.2, 0.25) is 5.91 Å². The number of carbonyl (C=O) groups excluding carboxylic acids is 2. The van der Waals surface area contributed by atoms with Crippen molar-refractivity contribution < 1.29 is 14.3 Å². The summed E-state index contributed by atoms with van der Waals surface area (Å²) in [5.74, 6) is -0.0193. The highest BCUT2D eigenvalue weighted by molar-refractivity contribution is 5.95. The number of rotatable bonds is 4. The van der Waals surface area contributed by atoms with Crippen LogP contribution < -0.4 is 16.4 Å². The maximum absolute atomic E-state index is 12.4. The summed E-state index contributed by atoms with van der Waals surface area (Å²) in [6.45, 7) is 2.95. The van der Waals surface area contributed by atoms with Crippen molar-refractivity contribution in [1.29, 1.82) is 0 Å². The first-order valence-electron chi connectivity index (χ1n) is 9.93. The fourth-order valence-corrected chi connectivity index (χ4v) is 3.63. The number of anilines is 2. The SMILES string of the molecule is NC(C(=O)Nc1ccc(NC(=O)N2CCCCCC2)cc1)C1CCOCC1. The zero-order valence-electron chi connectivity index (χ0n) is 15.8. The van der Waals surface area contributed by atoms with Gasteiger partial charge in [-0.2, -0.15) is 0 Å². The van der Waals surface area contributed by atoms with E-state index in [1.807, 2.05) is 4.90 Å². The second kappa shape index (κ2) is 9.71. The molecule has 1 aromatic carbocycles. The number of nitrogens with zero attached hydrogens (tertiary/aromatic N) is 1. The normalized spacial score (nSPS) is 19.8. The maximum atomic E-state index is 12.4. The van der Waals surface area contributed by atoms with Crippen LogP contribution in [0.2, 0.25) is 0 Å². The average Bonchev–Trinajstić information content (AvgIpc) is 2.99. The Hall–Kier alpha value is -2.12. The van der Waals surface area contributed by atoms with Crippen LogP contribution in [0.3, 0.4) is 0 Å². The zero-order chi connectivity index (χ0) is 19.1. The van der Waals surface area contributed by atoms with E-state index in [1.54, 1.807) is 24.3 Å². The fourth-order valence-electron chi connectivity index (χ4n) is 3.63. The topological polar surface area (TPSA) is 96.7 Å². The van der Waals surface area contributed by atoms with Gasteiger partial charge >= 0.3 is 6.03 Å². The van der Waals surface area contributed by atoms with Crippen molar-refractivity contribution in [2.75, 3.05) is 36.9 Å². The molecule has 2 aliphatic heterocycles. The third-order valence-corrected chi connectivity index (χ3v) is 5.37. The minimum atomic E-state index is -0.531. The Morgan fingerprint density at radius 3 is 2.11 bits per heavy atom. The largest absolute Gasteiger partial charge is 0.381 e. The lowest BCUT2D eigenvalue weighted by Crippen LogP contribution is -2.44. The van der Waals surface area contributed by atoms with Gasteiger partial charge in [0.15, 0.2) is 0 Å². The van der Waals surface area contributed by atoms with Gasteiger partial charge in [-0.05, 0) is 55.9 Å². The number of nitrogens with one attached hydrogen (secondary N) is 2. The zero-order valence-corrected chi connectivity index (χ0v) is 15.8. The van der Waals surface area contributed by atoms with E-state index in [1.165, 1.54) is 12.8 Å². The number of ether oxygens (including phenoxy) is 1. The van der Waals surface area contributed by atoms with Crippen LogP contribution in [0.5, 0.6) is 0 Å². The molecule has 0 bridgehead atoms. The van der Waals surface area contributed by atoms with Gasteiger partial charge in [-0.15, -0.1) is 0 Å². The number of likely N-dealkylation sites (tertiary alicyclic amines) is 1. The van der Waals surface area contributed by atoms with Gasteiger partial charge in [0.1, 0.15) is 0 Å². The van der Waals surface area contributed by atoms with Gasteiger partial charge < -0.3 is 26.0 Å². The van der Waals surface area contributed by atoms with Crippen LogP contribution in [-0.2, 0) is 9.53 Å². The summed E-state index contributed by atoms with van der Waals surface area (Å²) in [5.41, 5.74) is 7.50. The molecule has 0 saturated carbocycles. The highest BCUT2D eigenvalue weighted by Gasteiger charge is 2.26. The summed E-state index contributed by atoms with van der Waals surface area (Å²) in [4.78, 5) is 26.6. The molecule has 3 amide bonds. The highest BCUT2D eigenvalue weighted by atomic mass is 16.5. The molecule has 2 saturated heterocycles. The van der Waals surface area contributed by atoms with Crippen molar-refractivity contribution >= 4 is 23.3 Å². The van der Waals surface area contributed by atoms with Crippen LogP contribution in [0, 0.1) is 5.92 Å². The van der Waals surface area contributed by atoms with E-state index in [9.17, 15) is 9.59 Å². The molecule has 0 spiro atoms. The first-order valence-corrected chi connectivity index (χ1v) is 9.93. The van der Waals surface area contributed by atoms with Crippen LogP contribution in [-0.4, -0.2) is 49.2 Å². The molecule has 3 rings (SSSR count). The summed E-state index contributed by atoms with van der Waals surface area (Å²) < 4.78 is 5.32. The van der Waals surface area contributed by atoms with Crippen molar-refractivity contribution in [1.82, 2.24) is 4.90 Å². The van der Waals surface area contributed by atoms with Crippen LogP contribution in [0.1, 0.15) is 38.5 Å². The Bertz CT molecular complexity index is 621. The van der Waals surface area contributed by atoms with Gasteiger partial charge in [-0.3, -0.25) is 4.79 Å². The van der Waals surface area contributed by atoms with E-state index < -0.39 is 6.04 Å². The van der Waals surface area contributed by atoms with Gasteiger partial charge in [-0.1, -0.05) is 12.8 Å². The molecule has 4 N–H and O–H groups in total. The van der Waals surface area contributed by atoms with Crippen molar-refractivity contribution in [3.8, 4) is 0 Å². The molecule has 27 heavy (non-hydrogen) atoms. The smallest absolute Gasteiger partial charge is 0.321 e. The summed E-state index contributed by atoms with van der Waals surface area (Å²) in [7, 11) is 0. The summed E-state index contributed by atoms with van der Waals surface area (Å²) in [6.07, 6.45) is 6.13. The molecule has 0 aliphatic carbocycles. The highest BCUT2D eigenvalue weighted by Crippen LogP contribution is 2.20. The molecule has 7 nitrogen and oxygen atoms in total. The molecule has 1 atom stereocenters. The molecule has 2 fully saturated rings. The summed E-state index contributed by atoms with van der Waals surface area (Å²) >= 11 is 0. The van der Waals surface area contributed by atoms with E-state index in [4.69, 9.17) is 10.5 Å². The Kier molecular flexibility index (Phi) is 7.06. The van der Waals surface area contributed by atoms with E-state index in [-0.39, 0.29) is 17.9 Å². The van der Waals surface area contributed by atoms with E-state index in [2.05, 4.69) is 10.6 Å². The van der Waals surface area contributed by atoms with Crippen molar-refractivity contribution in [2.45, 2.75) is 44.6 Å². The number of carbonyl (C=O) groups is 2. The van der Waals surface area contributed by atoms with Crippen molar-refractivity contribution in [2.24, 2.45) is 11.7 Å². The van der Waals surface area contributed by atoms with Gasteiger partial charge in [0, 0.05) is 37.7 Å². The molecular weight excluding hydrogens is 344 g/mol. The molecule has 7 heteroatoms. The van der Waals surface area contributed by atoms with Crippen molar-refractivity contribution in [3.63, 3.8) is 0 Å². The van der Waals surface area contributed by atoms with Crippen LogP contribution in [0.4, 0.5) is 16.2 Å². The van der Waals surface area contributed by atoms with E-state index in [0.29, 0.717) is 18.9 Å². The predicted molar refractivity (Wildman–Crippen MR) is 106 cm³/mol.